The lowest BCUT2D eigenvalue weighted by Gasteiger charge is -2.24. The lowest BCUT2D eigenvalue weighted by molar-refractivity contribution is 0.439. The van der Waals surface area contributed by atoms with Crippen molar-refractivity contribution in [1.82, 2.24) is 15.3 Å². The van der Waals surface area contributed by atoms with Crippen LogP contribution in [0.2, 0.25) is 0 Å². The van der Waals surface area contributed by atoms with Crippen LogP contribution < -0.4 is 21.3 Å². The van der Waals surface area contributed by atoms with Crippen LogP contribution in [0, 0.1) is 11.8 Å². The second kappa shape index (κ2) is 5.57. The summed E-state index contributed by atoms with van der Waals surface area (Å²) in [6.07, 6.45) is 6.61. The molecule has 0 spiro atoms. The first kappa shape index (κ1) is 14.1. The van der Waals surface area contributed by atoms with E-state index in [0.29, 0.717) is 18.0 Å². The van der Waals surface area contributed by atoms with Crippen molar-refractivity contribution in [1.29, 1.82) is 0 Å². The molecule has 4 atom stereocenters. The topological polar surface area (TPSA) is 79.1 Å². The Hall–Kier alpha value is -1.56. The minimum absolute atomic E-state index is 0.371. The first-order valence-electron chi connectivity index (χ1n) is 8.54. The van der Waals surface area contributed by atoms with Gasteiger partial charge in [-0.25, -0.2) is 0 Å². The molecule has 4 rings (SSSR count). The molecule has 3 fully saturated rings. The molecule has 120 valence electrons. The van der Waals surface area contributed by atoms with E-state index in [0.717, 1.165) is 43.0 Å². The zero-order valence-electron chi connectivity index (χ0n) is 13.3. The molecule has 2 aliphatic carbocycles. The Labute approximate surface area is 131 Å². The molecule has 2 saturated carbocycles. The summed E-state index contributed by atoms with van der Waals surface area (Å²) in [6.45, 7) is 2.01. The minimum atomic E-state index is 0.371. The molecule has 3 aliphatic rings. The molecule has 4 N–H and O–H groups in total. The lowest BCUT2D eigenvalue weighted by atomic mass is 9.95. The number of nitrogen functional groups attached to an aromatic ring is 1. The van der Waals surface area contributed by atoms with Crippen LogP contribution in [0.4, 0.5) is 17.6 Å². The molecule has 6 heteroatoms. The van der Waals surface area contributed by atoms with Crippen LogP contribution in [-0.2, 0) is 0 Å². The Morgan fingerprint density at radius 3 is 2.82 bits per heavy atom. The molecule has 2 heterocycles. The molecule has 1 aliphatic heterocycles. The largest absolute Gasteiger partial charge is 0.368 e. The highest BCUT2D eigenvalue weighted by Gasteiger charge is 2.39. The van der Waals surface area contributed by atoms with E-state index in [4.69, 9.17) is 5.73 Å². The van der Waals surface area contributed by atoms with E-state index in [2.05, 4.69) is 31.6 Å². The number of nitrogens with zero attached hydrogens (tertiary/aromatic N) is 3. The van der Waals surface area contributed by atoms with Gasteiger partial charge in [0.2, 0.25) is 5.95 Å². The van der Waals surface area contributed by atoms with Crippen molar-refractivity contribution in [2.24, 2.45) is 11.8 Å². The van der Waals surface area contributed by atoms with Crippen molar-refractivity contribution in [3.05, 3.63) is 6.07 Å². The predicted molar refractivity (Wildman–Crippen MR) is 89.0 cm³/mol. The third-order valence-corrected chi connectivity index (χ3v) is 5.72. The Kier molecular flexibility index (Phi) is 3.56. The highest BCUT2D eigenvalue weighted by atomic mass is 15.3. The van der Waals surface area contributed by atoms with Crippen LogP contribution in [0.3, 0.4) is 0 Å². The van der Waals surface area contributed by atoms with Gasteiger partial charge in [0.05, 0.1) is 0 Å². The molecule has 1 aromatic heterocycles. The minimum Gasteiger partial charge on any atom is -0.368 e. The average molecular weight is 302 g/mol. The number of rotatable bonds is 4. The Bertz CT molecular complexity index is 547. The average Bonchev–Trinajstić information content (AvgIpc) is 3.23. The van der Waals surface area contributed by atoms with Crippen LogP contribution >= 0.6 is 0 Å². The molecular weight excluding hydrogens is 276 g/mol. The van der Waals surface area contributed by atoms with Crippen LogP contribution in [0.1, 0.15) is 32.1 Å². The van der Waals surface area contributed by atoms with Crippen LogP contribution in [0.25, 0.3) is 0 Å². The van der Waals surface area contributed by atoms with Gasteiger partial charge in [-0.05, 0) is 44.6 Å². The SMILES string of the molecule is CNC1CCN(c2cc(N[C@H]3C[C@H]4CC[C@@H]3C4)nc(N)n2)C1. The summed E-state index contributed by atoms with van der Waals surface area (Å²) in [4.78, 5) is 11.1. The van der Waals surface area contributed by atoms with Crippen molar-refractivity contribution in [3.8, 4) is 0 Å². The first-order valence-corrected chi connectivity index (χ1v) is 8.54. The van der Waals surface area contributed by atoms with Crippen molar-refractivity contribution < 1.29 is 0 Å². The number of hydrogen-bond donors (Lipinski definition) is 3. The summed E-state index contributed by atoms with van der Waals surface area (Å²) >= 11 is 0. The zero-order chi connectivity index (χ0) is 15.1. The third-order valence-electron chi connectivity index (χ3n) is 5.72. The number of nitrogens with one attached hydrogen (secondary N) is 2. The van der Waals surface area contributed by atoms with E-state index in [1.54, 1.807) is 0 Å². The fraction of sp³-hybridized carbons (Fsp3) is 0.750. The van der Waals surface area contributed by atoms with Gasteiger partial charge in [-0.3, -0.25) is 0 Å². The highest BCUT2D eigenvalue weighted by molar-refractivity contribution is 5.54. The van der Waals surface area contributed by atoms with Gasteiger partial charge in [0.25, 0.3) is 0 Å². The summed E-state index contributed by atoms with van der Waals surface area (Å²) in [5, 5.41) is 6.97. The van der Waals surface area contributed by atoms with E-state index in [-0.39, 0.29) is 0 Å². The lowest BCUT2D eigenvalue weighted by Crippen LogP contribution is -2.30. The molecule has 0 amide bonds. The quantitative estimate of drug-likeness (QED) is 0.781. The second-order valence-corrected chi connectivity index (χ2v) is 7.12. The molecule has 1 aromatic rings. The standard InChI is InChI=1S/C16H26N6/c1-18-12-4-5-22(9-12)15-8-14(20-16(17)21-15)19-13-7-10-2-3-11(13)6-10/h8,10-13,18H,2-7,9H2,1H3,(H3,17,19,20,21)/t10-,11+,12?,13-/m0/s1. The van der Waals surface area contributed by atoms with Gasteiger partial charge in [0, 0.05) is 31.2 Å². The van der Waals surface area contributed by atoms with E-state index in [1.807, 2.05) is 7.05 Å². The van der Waals surface area contributed by atoms with Gasteiger partial charge in [0.1, 0.15) is 11.6 Å². The maximum atomic E-state index is 5.94. The fourth-order valence-corrected chi connectivity index (χ4v) is 4.50. The van der Waals surface area contributed by atoms with E-state index >= 15 is 0 Å². The van der Waals surface area contributed by atoms with E-state index in [9.17, 15) is 0 Å². The summed E-state index contributed by atoms with van der Waals surface area (Å²) < 4.78 is 0. The van der Waals surface area contributed by atoms with Crippen LogP contribution in [0.5, 0.6) is 0 Å². The number of aromatic nitrogens is 2. The van der Waals surface area contributed by atoms with Crippen LogP contribution in [0.15, 0.2) is 6.07 Å². The second-order valence-electron chi connectivity index (χ2n) is 7.12. The van der Waals surface area contributed by atoms with Gasteiger partial charge >= 0.3 is 0 Å². The zero-order valence-corrected chi connectivity index (χ0v) is 13.3. The van der Waals surface area contributed by atoms with Crippen molar-refractivity contribution in [3.63, 3.8) is 0 Å². The van der Waals surface area contributed by atoms with E-state index < -0.39 is 0 Å². The van der Waals surface area contributed by atoms with Gasteiger partial charge in [-0.2, -0.15) is 9.97 Å². The summed E-state index contributed by atoms with van der Waals surface area (Å²) in [6, 6.07) is 3.18. The maximum absolute atomic E-state index is 5.94. The molecule has 1 saturated heterocycles. The third kappa shape index (κ3) is 2.60. The van der Waals surface area contributed by atoms with Crippen molar-refractivity contribution in [2.75, 3.05) is 36.1 Å². The van der Waals surface area contributed by atoms with Gasteiger partial charge in [0.15, 0.2) is 0 Å². The summed E-state index contributed by atoms with van der Waals surface area (Å²) in [5.74, 6) is 3.97. The molecule has 1 unspecified atom stereocenters. The fourth-order valence-electron chi connectivity index (χ4n) is 4.50. The number of anilines is 3. The maximum Gasteiger partial charge on any atom is 0.223 e. The number of likely N-dealkylation sites (N-methyl/N-ethyl adjacent to an activating group) is 1. The molecule has 0 aromatic carbocycles. The molecular formula is C16H26N6. The number of nitrogens with two attached hydrogens (primary N) is 1. The van der Waals surface area contributed by atoms with Crippen molar-refractivity contribution in [2.45, 2.75) is 44.2 Å². The number of hydrogen-bond acceptors (Lipinski definition) is 6. The number of fused-ring (bicyclic) bond motifs is 2. The van der Waals surface area contributed by atoms with Gasteiger partial charge in [-0.1, -0.05) is 6.42 Å². The first-order chi connectivity index (χ1) is 10.7. The molecule has 0 radical (unpaired) electrons. The Morgan fingerprint density at radius 1 is 1.23 bits per heavy atom. The molecule has 22 heavy (non-hydrogen) atoms. The van der Waals surface area contributed by atoms with Gasteiger partial charge in [-0.15, -0.1) is 0 Å². The smallest absolute Gasteiger partial charge is 0.223 e. The highest BCUT2D eigenvalue weighted by Crippen LogP contribution is 2.45. The summed E-state index contributed by atoms with van der Waals surface area (Å²) in [7, 11) is 2.02. The predicted octanol–water partition coefficient (Wildman–Crippen LogP) is 1.46. The van der Waals surface area contributed by atoms with Crippen LogP contribution in [-0.4, -0.2) is 42.2 Å². The summed E-state index contributed by atoms with van der Waals surface area (Å²) in [5.41, 5.74) is 5.94. The van der Waals surface area contributed by atoms with Gasteiger partial charge < -0.3 is 21.3 Å². The molecule has 6 nitrogen and oxygen atoms in total. The monoisotopic (exact) mass is 302 g/mol. The van der Waals surface area contributed by atoms with Crippen molar-refractivity contribution >= 4 is 17.6 Å². The molecule has 2 bridgehead atoms. The van der Waals surface area contributed by atoms with E-state index in [1.165, 1.54) is 25.7 Å². The normalized spacial score (nSPS) is 33.6. The Morgan fingerprint density at radius 2 is 2.14 bits per heavy atom. The Balaban J connectivity index is 1.49.